The van der Waals surface area contributed by atoms with Gasteiger partial charge in [-0.1, -0.05) is 62.2 Å². The Morgan fingerprint density at radius 3 is 2.42 bits per heavy atom. The predicted octanol–water partition coefficient (Wildman–Crippen LogP) is 5.13. The van der Waals surface area contributed by atoms with Crippen LogP contribution in [-0.2, 0) is 5.41 Å². The van der Waals surface area contributed by atoms with Gasteiger partial charge in [-0.2, -0.15) is 0 Å². The van der Waals surface area contributed by atoms with Crippen molar-refractivity contribution in [3.63, 3.8) is 0 Å². The van der Waals surface area contributed by atoms with Gasteiger partial charge < -0.3 is 9.47 Å². The van der Waals surface area contributed by atoms with Crippen molar-refractivity contribution < 1.29 is 0 Å². The van der Waals surface area contributed by atoms with Gasteiger partial charge in [0.15, 0.2) is 0 Å². The molecule has 2 atom stereocenters. The Bertz CT molecular complexity index is 1540. The fourth-order valence-electron chi connectivity index (χ4n) is 8.28. The molecule has 4 aliphatic rings. The van der Waals surface area contributed by atoms with Crippen molar-refractivity contribution >= 4 is 45.4 Å². The number of benzene rings is 3. The van der Waals surface area contributed by atoms with Gasteiger partial charge in [0, 0.05) is 39.1 Å². The molecular formula is C30H29BN2. The molecule has 0 saturated heterocycles. The quantitative estimate of drug-likeness (QED) is 0.311. The SMILES string of the molecule is Cc1c(C)n2c3c(cccc13)B1c3cccc4c3N(c3cccc-2c31)C1(C)CCCC[C@@]41C. The van der Waals surface area contributed by atoms with Gasteiger partial charge in [0.2, 0.25) is 0 Å². The number of hydrogen-bond acceptors (Lipinski definition) is 1. The molecule has 0 bridgehead atoms. The Kier molecular flexibility index (Phi) is 3.12. The first-order valence-electron chi connectivity index (χ1n) is 12.6. The monoisotopic (exact) mass is 428 g/mol. The first-order chi connectivity index (χ1) is 16.0. The van der Waals surface area contributed by atoms with Gasteiger partial charge in [0.25, 0.3) is 6.71 Å². The lowest BCUT2D eigenvalue weighted by Gasteiger charge is -2.52. The third kappa shape index (κ3) is 1.79. The van der Waals surface area contributed by atoms with E-state index in [9.17, 15) is 0 Å². The molecule has 2 nitrogen and oxygen atoms in total. The number of aryl methyl sites for hydroxylation is 1. The summed E-state index contributed by atoms with van der Waals surface area (Å²) in [5.74, 6) is 0. The maximum absolute atomic E-state index is 2.79. The first kappa shape index (κ1) is 18.5. The van der Waals surface area contributed by atoms with E-state index in [1.165, 1.54) is 81.3 Å². The summed E-state index contributed by atoms with van der Waals surface area (Å²) < 4.78 is 2.56. The van der Waals surface area contributed by atoms with Crippen molar-refractivity contribution in [2.75, 3.05) is 4.90 Å². The largest absolute Gasteiger partial charge is 0.335 e. The highest BCUT2D eigenvalue weighted by molar-refractivity contribution is 7.00. The molecule has 0 radical (unpaired) electrons. The molecule has 1 aromatic heterocycles. The van der Waals surface area contributed by atoms with Crippen molar-refractivity contribution in [2.24, 2.45) is 0 Å². The summed E-state index contributed by atoms with van der Waals surface area (Å²) in [7, 11) is 0. The summed E-state index contributed by atoms with van der Waals surface area (Å²) in [5.41, 5.74) is 14.9. The van der Waals surface area contributed by atoms with Crippen LogP contribution in [0.1, 0.15) is 56.4 Å². The zero-order valence-electron chi connectivity index (χ0n) is 20.0. The minimum Gasteiger partial charge on any atom is -0.335 e. The minimum absolute atomic E-state index is 0.123. The molecule has 8 rings (SSSR count). The van der Waals surface area contributed by atoms with Gasteiger partial charge in [0.1, 0.15) is 0 Å². The van der Waals surface area contributed by atoms with Crippen LogP contribution in [0.3, 0.4) is 0 Å². The molecule has 3 aliphatic heterocycles. The summed E-state index contributed by atoms with van der Waals surface area (Å²) in [5, 5.41) is 1.41. The third-order valence-corrected chi connectivity index (χ3v) is 10.2. The lowest BCUT2D eigenvalue weighted by molar-refractivity contribution is 0.195. The summed E-state index contributed by atoms with van der Waals surface area (Å²) in [6.45, 7) is 9.99. The zero-order valence-corrected chi connectivity index (χ0v) is 20.0. The molecule has 1 saturated carbocycles. The lowest BCUT2D eigenvalue weighted by atomic mass is 9.33. The Morgan fingerprint density at radius 1 is 0.818 bits per heavy atom. The molecule has 1 aliphatic carbocycles. The lowest BCUT2D eigenvalue weighted by Crippen LogP contribution is -2.64. The van der Waals surface area contributed by atoms with Crippen LogP contribution in [0.4, 0.5) is 11.4 Å². The van der Waals surface area contributed by atoms with Gasteiger partial charge in [-0.15, -0.1) is 0 Å². The second-order valence-electron chi connectivity index (χ2n) is 11.3. The van der Waals surface area contributed by atoms with E-state index in [2.05, 4.69) is 91.8 Å². The molecule has 0 amide bonds. The number of hydrogen-bond donors (Lipinski definition) is 0. The van der Waals surface area contributed by atoms with Crippen LogP contribution in [0.2, 0.25) is 0 Å². The van der Waals surface area contributed by atoms with Crippen LogP contribution in [-0.4, -0.2) is 16.8 Å². The van der Waals surface area contributed by atoms with E-state index < -0.39 is 0 Å². The number of fused-ring (bicyclic) bond motifs is 7. The zero-order chi connectivity index (χ0) is 22.3. The highest BCUT2D eigenvalue weighted by Gasteiger charge is 2.60. The highest BCUT2D eigenvalue weighted by atomic mass is 15.3. The molecule has 1 unspecified atom stereocenters. The smallest absolute Gasteiger partial charge is 0.252 e. The van der Waals surface area contributed by atoms with Crippen molar-refractivity contribution in [3.05, 3.63) is 71.4 Å². The molecular weight excluding hydrogens is 399 g/mol. The average Bonchev–Trinajstić information content (AvgIpc) is 3.21. The van der Waals surface area contributed by atoms with Crippen LogP contribution < -0.4 is 21.3 Å². The standard InChI is InChI=1S/C30H29BN2/c1-18-19(2)32-24-14-9-15-25-26(24)31(22-12-7-10-20(18)27(22)32)23-13-8-11-21-28(23)33(25)30(4)17-6-5-16-29(21,30)3/h7-15H,5-6,16-17H2,1-4H3/t29-,30?/m0/s1. The van der Waals surface area contributed by atoms with E-state index in [0.29, 0.717) is 6.71 Å². The van der Waals surface area contributed by atoms with Crippen molar-refractivity contribution in [1.29, 1.82) is 0 Å². The van der Waals surface area contributed by atoms with E-state index in [4.69, 9.17) is 0 Å². The Labute approximate surface area is 196 Å². The fourth-order valence-corrected chi connectivity index (χ4v) is 8.28. The molecule has 0 spiro atoms. The van der Waals surface area contributed by atoms with E-state index in [1.807, 2.05) is 0 Å². The van der Waals surface area contributed by atoms with E-state index in [1.54, 1.807) is 5.56 Å². The van der Waals surface area contributed by atoms with Crippen molar-refractivity contribution in [2.45, 2.75) is 64.3 Å². The number of rotatable bonds is 0. The van der Waals surface area contributed by atoms with Crippen molar-refractivity contribution in [3.8, 4) is 5.69 Å². The highest BCUT2D eigenvalue weighted by Crippen LogP contribution is 2.61. The van der Waals surface area contributed by atoms with Gasteiger partial charge in [-0.25, -0.2) is 0 Å². The first-order valence-corrected chi connectivity index (χ1v) is 12.6. The maximum atomic E-state index is 2.79. The molecule has 33 heavy (non-hydrogen) atoms. The Balaban J connectivity index is 1.57. The van der Waals surface area contributed by atoms with Gasteiger partial charge in [-0.05, 0) is 73.3 Å². The number of para-hydroxylation sites is 2. The van der Waals surface area contributed by atoms with E-state index in [-0.39, 0.29) is 11.0 Å². The van der Waals surface area contributed by atoms with Gasteiger partial charge >= 0.3 is 0 Å². The normalized spacial score (nSPS) is 25.8. The van der Waals surface area contributed by atoms with Crippen LogP contribution >= 0.6 is 0 Å². The van der Waals surface area contributed by atoms with E-state index >= 15 is 0 Å². The molecule has 0 N–H and O–H groups in total. The Hall–Kier alpha value is -2.94. The second kappa shape index (κ2) is 5.58. The summed E-state index contributed by atoms with van der Waals surface area (Å²) in [4.78, 5) is 2.79. The Morgan fingerprint density at radius 2 is 1.55 bits per heavy atom. The molecule has 3 aromatic carbocycles. The van der Waals surface area contributed by atoms with Crippen molar-refractivity contribution in [1.82, 2.24) is 4.57 Å². The van der Waals surface area contributed by atoms with Gasteiger partial charge in [0.05, 0.1) is 5.54 Å². The topological polar surface area (TPSA) is 8.17 Å². The molecule has 4 heterocycles. The van der Waals surface area contributed by atoms with E-state index in [0.717, 1.165) is 0 Å². The number of anilines is 2. The van der Waals surface area contributed by atoms with Crippen LogP contribution in [0.25, 0.3) is 16.6 Å². The predicted molar refractivity (Wildman–Crippen MR) is 140 cm³/mol. The van der Waals surface area contributed by atoms with Gasteiger partial charge in [-0.3, -0.25) is 0 Å². The third-order valence-electron chi connectivity index (χ3n) is 10.2. The van der Waals surface area contributed by atoms with Crippen LogP contribution in [0.15, 0.2) is 54.6 Å². The fraction of sp³-hybridized carbons (Fsp3) is 0.333. The summed E-state index contributed by atoms with van der Waals surface area (Å²) in [6, 6.07) is 21.3. The molecule has 3 heteroatoms. The molecule has 4 aromatic rings. The number of aromatic nitrogens is 1. The minimum atomic E-state index is 0.123. The molecule has 162 valence electrons. The maximum Gasteiger partial charge on any atom is 0.252 e. The average molecular weight is 428 g/mol. The summed E-state index contributed by atoms with van der Waals surface area (Å²) >= 11 is 0. The summed E-state index contributed by atoms with van der Waals surface area (Å²) in [6.07, 6.45) is 5.20. The molecule has 1 fully saturated rings. The van der Waals surface area contributed by atoms with Crippen LogP contribution in [0, 0.1) is 13.8 Å². The second-order valence-corrected chi connectivity index (χ2v) is 11.3. The van der Waals surface area contributed by atoms with Crippen LogP contribution in [0.5, 0.6) is 0 Å². The number of nitrogens with zero attached hydrogens (tertiary/aromatic N) is 2.